The zero-order valence-corrected chi connectivity index (χ0v) is 17.1. The minimum atomic E-state index is -3.23. The summed E-state index contributed by atoms with van der Waals surface area (Å²) < 4.78 is 39.0. The molecule has 0 unspecified atom stereocenters. The number of hydrogen-bond donors (Lipinski definition) is 0. The van der Waals surface area contributed by atoms with E-state index in [-0.39, 0.29) is 18.9 Å². The molecular formula is C12H30LiNO6Si2. The van der Waals surface area contributed by atoms with Gasteiger partial charge in [0.2, 0.25) is 0 Å². The molecule has 0 aliphatic carbocycles. The molecule has 0 amide bonds. The maximum atomic E-state index is 5.73. The smallest absolute Gasteiger partial charge is 0.523 e. The number of hydrogen-bond acceptors (Lipinski definition) is 6. The van der Waals surface area contributed by atoms with Gasteiger partial charge in [0, 0.05) is 39.6 Å². The van der Waals surface area contributed by atoms with Crippen LogP contribution in [0.5, 0.6) is 0 Å². The molecule has 0 N–H and O–H groups in total. The van der Waals surface area contributed by atoms with Crippen molar-refractivity contribution in [2.24, 2.45) is 0 Å². The molecule has 0 aliphatic heterocycles. The van der Waals surface area contributed by atoms with Crippen LogP contribution in [0, 0.1) is 0 Å². The summed E-state index contributed by atoms with van der Waals surface area (Å²) in [5.74, 6) is 0. The van der Waals surface area contributed by atoms with E-state index >= 15 is 0 Å². The Balaban J connectivity index is 0. The summed E-state index contributed by atoms with van der Waals surface area (Å²) in [5, 5.41) is 0. The number of nitrogens with zero attached hydrogens (tertiary/aromatic N) is 1. The van der Waals surface area contributed by atoms with Crippen LogP contribution in [0.1, 0.15) is 41.5 Å². The van der Waals surface area contributed by atoms with Gasteiger partial charge in [-0.1, -0.05) is 0 Å². The van der Waals surface area contributed by atoms with E-state index in [0.717, 1.165) is 0 Å². The van der Waals surface area contributed by atoms with E-state index in [0.29, 0.717) is 39.6 Å². The van der Waals surface area contributed by atoms with Crippen LogP contribution < -0.4 is 18.9 Å². The quantitative estimate of drug-likeness (QED) is 0.393. The van der Waals surface area contributed by atoms with Crippen LogP contribution in [0.3, 0.4) is 0 Å². The van der Waals surface area contributed by atoms with Crippen LogP contribution in [-0.4, -0.2) is 57.6 Å². The molecular weight excluding hydrogens is 317 g/mol. The van der Waals surface area contributed by atoms with Crippen molar-refractivity contribution in [3.63, 3.8) is 0 Å². The molecule has 128 valence electrons. The van der Waals surface area contributed by atoms with E-state index in [4.69, 9.17) is 26.6 Å². The molecule has 10 heteroatoms. The third kappa shape index (κ3) is 8.56. The fraction of sp³-hybridized carbons (Fsp3) is 1.00. The fourth-order valence-electron chi connectivity index (χ4n) is 1.71. The van der Waals surface area contributed by atoms with Crippen molar-refractivity contribution < 1.29 is 45.4 Å². The Labute approximate surface area is 149 Å². The minimum absolute atomic E-state index is 0. The van der Waals surface area contributed by atoms with E-state index in [9.17, 15) is 0 Å². The van der Waals surface area contributed by atoms with Gasteiger partial charge in [0.25, 0.3) is 0 Å². The molecule has 7 nitrogen and oxygen atoms in total. The summed E-state index contributed by atoms with van der Waals surface area (Å²) in [4.78, 5) is 0. The normalized spacial score (nSPS) is 12.3. The Kier molecular flexibility index (Phi) is 16.0. The zero-order chi connectivity index (χ0) is 16.2. The first-order valence-corrected chi connectivity index (χ1v) is 11.0. The number of rotatable bonds is 14. The Bertz CT molecular complexity index is 208. The molecule has 0 saturated carbocycles. The van der Waals surface area contributed by atoms with E-state index < -0.39 is 17.9 Å². The Morgan fingerprint density at radius 1 is 0.500 bits per heavy atom. The van der Waals surface area contributed by atoms with Crippen LogP contribution >= 0.6 is 0 Å². The molecule has 0 bridgehead atoms. The van der Waals surface area contributed by atoms with Gasteiger partial charge in [-0.25, -0.2) is 0 Å². The van der Waals surface area contributed by atoms with Crippen LogP contribution in [0.25, 0.3) is 4.65 Å². The van der Waals surface area contributed by atoms with Crippen molar-refractivity contribution in [2.75, 3.05) is 39.6 Å². The van der Waals surface area contributed by atoms with Crippen molar-refractivity contribution in [1.29, 1.82) is 0 Å². The molecule has 0 atom stereocenters. The summed E-state index contributed by atoms with van der Waals surface area (Å²) in [7, 11) is -6.46. The summed E-state index contributed by atoms with van der Waals surface area (Å²) in [6, 6.07) is 0. The summed E-state index contributed by atoms with van der Waals surface area (Å²) >= 11 is 0. The SMILES string of the molecule is CCO[Si]([N-][Si](OCC)(OCC)OCC)(OCC)OCC.[Li+]. The monoisotopic (exact) mass is 347 g/mol. The van der Waals surface area contributed by atoms with Gasteiger partial charge in [0.1, 0.15) is 0 Å². The standard InChI is InChI=1S/C12H30NO6Si2.Li/c1-7-14-20(15-8-2,16-9-3)13-21(17-10-4,18-11-5)19-12-6;/h7-12H2,1-6H3;/q-1;+1. The Hall–Kier alpha value is 0.751. The Morgan fingerprint density at radius 3 is 0.818 bits per heavy atom. The molecule has 0 radical (unpaired) electrons. The fourth-order valence-corrected chi connectivity index (χ4v) is 7.29. The summed E-state index contributed by atoms with van der Waals surface area (Å²) in [5.41, 5.74) is 0. The minimum Gasteiger partial charge on any atom is -0.523 e. The average molecular weight is 347 g/mol. The van der Waals surface area contributed by atoms with E-state index in [2.05, 4.69) is 4.65 Å². The van der Waals surface area contributed by atoms with Crippen molar-refractivity contribution in [3.05, 3.63) is 4.65 Å². The second kappa shape index (κ2) is 14.1. The molecule has 0 aromatic heterocycles. The summed E-state index contributed by atoms with van der Waals surface area (Å²) in [6.07, 6.45) is 0. The van der Waals surface area contributed by atoms with Crippen molar-refractivity contribution >= 4 is 17.9 Å². The van der Waals surface area contributed by atoms with E-state index in [1.165, 1.54) is 0 Å². The molecule has 22 heavy (non-hydrogen) atoms. The molecule has 0 heterocycles. The Morgan fingerprint density at radius 2 is 0.682 bits per heavy atom. The third-order valence-corrected chi connectivity index (χ3v) is 8.35. The van der Waals surface area contributed by atoms with E-state index in [1.54, 1.807) is 0 Å². The topological polar surface area (TPSA) is 69.5 Å². The van der Waals surface area contributed by atoms with E-state index in [1.807, 2.05) is 41.5 Å². The van der Waals surface area contributed by atoms with Gasteiger partial charge in [-0.2, -0.15) is 0 Å². The van der Waals surface area contributed by atoms with Crippen molar-refractivity contribution in [3.8, 4) is 0 Å². The maximum Gasteiger partial charge on any atom is 1.00 e. The summed E-state index contributed by atoms with van der Waals surface area (Å²) in [6.45, 7) is 13.9. The molecule has 0 saturated heterocycles. The molecule has 0 aromatic carbocycles. The molecule has 0 aromatic rings. The van der Waals surface area contributed by atoms with Crippen molar-refractivity contribution in [1.82, 2.24) is 0 Å². The van der Waals surface area contributed by atoms with Crippen LogP contribution in [0.4, 0.5) is 0 Å². The van der Waals surface area contributed by atoms with Gasteiger partial charge < -0.3 is 31.2 Å². The van der Waals surface area contributed by atoms with Gasteiger partial charge in [-0.3, -0.25) is 0 Å². The van der Waals surface area contributed by atoms with Gasteiger partial charge in [0.15, 0.2) is 0 Å². The largest absolute Gasteiger partial charge is 1.00 e. The molecule has 0 rings (SSSR count). The maximum absolute atomic E-state index is 5.73. The zero-order valence-electron chi connectivity index (χ0n) is 15.1. The molecule has 0 aliphatic rings. The third-order valence-electron chi connectivity index (χ3n) is 2.23. The van der Waals surface area contributed by atoms with Gasteiger partial charge in [-0.15, -0.1) is 0 Å². The van der Waals surface area contributed by atoms with Crippen molar-refractivity contribution in [2.45, 2.75) is 41.5 Å². The van der Waals surface area contributed by atoms with Gasteiger partial charge in [-0.05, 0) is 41.5 Å². The first-order chi connectivity index (χ1) is 10.1. The van der Waals surface area contributed by atoms with Gasteiger partial charge in [0.05, 0.1) is 0 Å². The average Bonchev–Trinajstić information content (AvgIpc) is 2.40. The predicted octanol–water partition coefficient (Wildman–Crippen LogP) is -0.546. The van der Waals surface area contributed by atoms with Crippen LogP contribution in [-0.2, 0) is 26.6 Å². The second-order valence-electron chi connectivity index (χ2n) is 3.76. The first kappa shape index (κ1) is 25.0. The molecule has 0 spiro atoms. The van der Waals surface area contributed by atoms with Crippen LogP contribution in [0.2, 0.25) is 0 Å². The van der Waals surface area contributed by atoms with Crippen LogP contribution in [0.15, 0.2) is 0 Å². The second-order valence-corrected chi connectivity index (χ2v) is 8.48. The molecule has 0 fully saturated rings. The first-order valence-electron chi connectivity index (χ1n) is 7.65. The predicted molar refractivity (Wildman–Crippen MR) is 84.6 cm³/mol. The van der Waals surface area contributed by atoms with Gasteiger partial charge >= 0.3 is 36.8 Å².